The summed E-state index contributed by atoms with van der Waals surface area (Å²) in [7, 11) is 0. The number of carbonyl (C=O) groups is 1. The summed E-state index contributed by atoms with van der Waals surface area (Å²) in [4.78, 5) is 28.9. The van der Waals surface area contributed by atoms with Crippen molar-refractivity contribution in [2.24, 2.45) is 0 Å². The van der Waals surface area contributed by atoms with Gasteiger partial charge in [-0.1, -0.05) is 0 Å². The van der Waals surface area contributed by atoms with Crippen molar-refractivity contribution in [2.75, 3.05) is 0 Å². The summed E-state index contributed by atoms with van der Waals surface area (Å²) in [5.41, 5.74) is 4.51. The van der Waals surface area contributed by atoms with Crippen molar-refractivity contribution in [1.82, 2.24) is 14.6 Å². The SMILES string of the molecule is Cc1nn2cccnc2c1C(=O)OCc1cc(=O)oc2cc3c(cc12)CCC3. The van der Waals surface area contributed by atoms with Crippen molar-refractivity contribution < 1.29 is 13.9 Å². The summed E-state index contributed by atoms with van der Waals surface area (Å²) in [5, 5.41) is 5.09. The van der Waals surface area contributed by atoms with Gasteiger partial charge in [-0.2, -0.15) is 5.10 Å². The number of benzene rings is 1. The molecule has 0 bridgehead atoms. The van der Waals surface area contributed by atoms with E-state index in [1.54, 1.807) is 29.9 Å². The molecule has 0 unspecified atom stereocenters. The maximum Gasteiger partial charge on any atom is 0.344 e. The number of esters is 1. The minimum Gasteiger partial charge on any atom is -0.457 e. The highest BCUT2D eigenvalue weighted by molar-refractivity contribution is 5.97. The van der Waals surface area contributed by atoms with Gasteiger partial charge in [-0.05, 0) is 55.5 Å². The van der Waals surface area contributed by atoms with E-state index in [9.17, 15) is 9.59 Å². The minimum absolute atomic E-state index is 0.0245. The third-order valence-electron chi connectivity index (χ3n) is 5.18. The molecular formula is C21H17N3O4. The average molecular weight is 375 g/mol. The molecule has 0 fully saturated rings. The van der Waals surface area contributed by atoms with Crippen LogP contribution in [-0.2, 0) is 24.2 Å². The molecule has 0 N–H and O–H groups in total. The van der Waals surface area contributed by atoms with Crippen LogP contribution in [0.1, 0.15) is 39.2 Å². The van der Waals surface area contributed by atoms with E-state index in [2.05, 4.69) is 10.1 Å². The lowest BCUT2D eigenvalue weighted by atomic mass is 10.0. The first kappa shape index (κ1) is 16.7. The predicted octanol–water partition coefficient (Wildman–Crippen LogP) is 2.99. The smallest absolute Gasteiger partial charge is 0.344 e. The Morgan fingerprint density at radius 3 is 2.93 bits per heavy atom. The highest BCUT2D eigenvalue weighted by Crippen LogP contribution is 2.29. The number of carbonyl (C=O) groups excluding carboxylic acids is 1. The molecule has 0 saturated carbocycles. The quantitative estimate of drug-likeness (QED) is 0.404. The zero-order valence-electron chi connectivity index (χ0n) is 15.3. The van der Waals surface area contributed by atoms with Crippen molar-refractivity contribution in [3.05, 3.63) is 75.0 Å². The number of hydrogen-bond donors (Lipinski definition) is 0. The molecule has 0 aliphatic heterocycles. The van der Waals surface area contributed by atoms with Gasteiger partial charge >= 0.3 is 11.6 Å². The molecule has 0 atom stereocenters. The lowest BCUT2D eigenvalue weighted by Gasteiger charge is -2.09. The Hall–Kier alpha value is -3.48. The van der Waals surface area contributed by atoms with Gasteiger partial charge < -0.3 is 9.15 Å². The van der Waals surface area contributed by atoms with Crippen molar-refractivity contribution in [2.45, 2.75) is 32.8 Å². The van der Waals surface area contributed by atoms with Gasteiger partial charge in [0.25, 0.3) is 0 Å². The van der Waals surface area contributed by atoms with Crippen molar-refractivity contribution >= 4 is 22.6 Å². The Bertz CT molecular complexity index is 1300. The highest BCUT2D eigenvalue weighted by atomic mass is 16.5. The zero-order valence-corrected chi connectivity index (χ0v) is 15.3. The van der Waals surface area contributed by atoms with E-state index in [1.165, 1.54) is 17.2 Å². The Balaban J connectivity index is 1.49. The van der Waals surface area contributed by atoms with Gasteiger partial charge in [0.1, 0.15) is 17.8 Å². The molecule has 1 aliphatic carbocycles. The lowest BCUT2D eigenvalue weighted by Crippen LogP contribution is -2.09. The normalized spacial score (nSPS) is 13.2. The van der Waals surface area contributed by atoms with Crippen LogP contribution in [0.15, 0.2) is 45.9 Å². The van der Waals surface area contributed by atoms with E-state index in [-0.39, 0.29) is 6.61 Å². The summed E-state index contributed by atoms with van der Waals surface area (Å²) in [6.45, 7) is 1.71. The number of nitrogens with zero attached hydrogens (tertiary/aromatic N) is 3. The van der Waals surface area contributed by atoms with Crippen LogP contribution in [0.5, 0.6) is 0 Å². The topological polar surface area (TPSA) is 86.7 Å². The number of aromatic nitrogens is 3. The second kappa shape index (κ2) is 6.30. The number of ether oxygens (including phenoxy) is 1. The van der Waals surface area contributed by atoms with E-state index < -0.39 is 11.6 Å². The standard InChI is InChI=1S/C21H17N3O4/c1-12-19(20-22-6-3-7-24(20)23-12)21(26)27-11-15-10-18(25)28-17-9-14-5-2-4-13(14)8-16(15)17/h3,6-10H,2,4-5,11H2,1H3. The Morgan fingerprint density at radius 1 is 1.25 bits per heavy atom. The molecule has 3 heterocycles. The molecule has 140 valence electrons. The lowest BCUT2D eigenvalue weighted by molar-refractivity contribution is 0.0475. The molecule has 0 amide bonds. The number of hydrogen-bond acceptors (Lipinski definition) is 6. The second-order valence-corrected chi connectivity index (χ2v) is 6.99. The van der Waals surface area contributed by atoms with Gasteiger partial charge in [-0.15, -0.1) is 0 Å². The molecule has 0 spiro atoms. The van der Waals surface area contributed by atoms with E-state index >= 15 is 0 Å². The van der Waals surface area contributed by atoms with Gasteiger partial charge in [0.2, 0.25) is 0 Å². The predicted molar refractivity (Wildman–Crippen MR) is 101 cm³/mol. The van der Waals surface area contributed by atoms with E-state index in [0.29, 0.717) is 28.1 Å². The first-order valence-corrected chi connectivity index (χ1v) is 9.16. The van der Waals surface area contributed by atoms with E-state index in [4.69, 9.17) is 9.15 Å². The van der Waals surface area contributed by atoms with Crippen LogP contribution >= 0.6 is 0 Å². The second-order valence-electron chi connectivity index (χ2n) is 6.99. The monoisotopic (exact) mass is 375 g/mol. The van der Waals surface area contributed by atoms with Crippen molar-refractivity contribution in [3.63, 3.8) is 0 Å². The zero-order chi connectivity index (χ0) is 19.3. The first-order valence-electron chi connectivity index (χ1n) is 9.16. The summed E-state index contributed by atoms with van der Waals surface area (Å²) < 4.78 is 12.4. The van der Waals surface area contributed by atoms with Crippen LogP contribution in [0.3, 0.4) is 0 Å². The van der Waals surface area contributed by atoms with Gasteiger partial charge in [0.05, 0.1) is 5.69 Å². The molecule has 3 aromatic heterocycles. The molecule has 7 heteroatoms. The molecule has 7 nitrogen and oxygen atoms in total. The summed E-state index contributed by atoms with van der Waals surface area (Å²) in [5.74, 6) is -0.520. The molecule has 1 aromatic carbocycles. The fraction of sp³-hybridized carbons (Fsp3) is 0.238. The molecule has 1 aliphatic rings. The molecule has 28 heavy (non-hydrogen) atoms. The highest BCUT2D eigenvalue weighted by Gasteiger charge is 2.21. The van der Waals surface area contributed by atoms with Crippen LogP contribution < -0.4 is 5.63 Å². The van der Waals surface area contributed by atoms with Crippen LogP contribution in [-0.4, -0.2) is 20.6 Å². The van der Waals surface area contributed by atoms with Gasteiger partial charge in [0.15, 0.2) is 5.65 Å². The molecule has 0 radical (unpaired) electrons. The van der Waals surface area contributed by atoms with Crippen LogP contribution in [0.2, 0.25) is 0 Å². The summed E-state index contributed by atoms with van der Waals surface area (Å²) in [6, 6.07) is 7.11. The van der Waals surface area contributed by atoms with E-state index in [1.807, 2.05) is 12.1 Å². The van der Waals surface area contributed by atoms with Gasteiger partial charge in [-0.3, -0.25) is 0 Å². The van der Waals surface area contributed by atoms with Crippen LogP contribution in [0.4, 0.5) is 0 Å². The minimum atomic E-state index is -0.520. The summed E-state index contributed by atoms with van der Waals surface area (Å²) >= 11 is 0. The Labute approximate surface area is 159 Å². The van der Waals surface area contributed by atoms with Gasteiger partial charge in [0, 0.05) is 29.4 Å². The molecule has 0 saturated heterocycles. The number of fused-ring (bicyclic) bond motifs is 3. The molecular weight excluding hydrogens is 358 g/mol. The average Bonchev–Trinajstić information content (AvgIpc) is 3.26. The maximum absolute atomic E-state index is 12.7. The number of aryl methyl sites for hydroxylation is 3. The summed E-state index contributed by atoms with van der Waals surface area (Å²) in [6.07, 6.45) is 6.43. The van der Waals surface area contributed by atoms with Crippen molar-refractivity contribution in [3.8, 4) is 0 Å². The largest absolute Gasteiger partial charge is 0.457 e. The van der Waals surface area contributed by atoms with Crippen LogP contribution in [0, 0.1) is 6.92 Å². The first-order chi connectivity index (χ1) is 13.6. The fourth-order valence-corrected chi connectivity index (χ4v) is 3.87. The Morgan fingerprint density at radius 2 is 2.07 bits per heavy atom. The van der Waals surface area contributed by atoms with Crippen LogP contribution in [0.25, 0.3) is 16.6 Å². The number of rotatable bonds is 3. The van der Waals surface area contributed by atoms with Gasteiger partial charge in [-0.25, -0.2) is 19.1 Å². The Kier molecular flexibility index (Phi) is 3.75. The van der Waals surface area contributed by atoms with Crippen molar-refractivity contribution in [1.29, 1.82) is 0 Å². The maximum atomic E-state index is 12.7. The molecule has 5 rings (SSSR count). The fourth-order valence-electron chi connectivity index (χ4n) is 3.87. The van der Waals surface area contributed by atoms with E-state index in [0.717, 1.165) is 24.6 Å². The third-order valence-corrected chi connectivity index (χ3v) is 5.18. The third kappa shape index (κ3) is 2.67. The molecule has 4 aromatic rings.